The van der Waals surface area contributed by atoms with Gasteiger partial charge in [-0.05, 0) is 25.1 Å². The van der Waals surface area contributed by atoms with E-state index < -0.39 is 0 Å². The average Bonchev–Trinajstić information content (AvgIpc) is 2.19. The van der Waals surface area contributed by atoms with Crippen molar-refractivity contribution in [3.63, 3.8) is 0 Å². The minimum atomic E-state index is 0.656. The molecule has 0 aliphatic rings. The maximum atomic E-state index is 5.43. The van der Waals surface area contributed by atoms with E-state index in [4.69, 9.17) is 15.2 Å². The van der Waals surface area contributed by atoms with Crippen LogP contribution in [0.5, 0.6) is 11.5 Å². The van der Waals surface area contributed by atoms with Crippen molar-refractivity contribution in [2.24, 2.45) is 5.73 Å². The predicted octanol–water partition coefficient (Wildman–Crippen LogP) is 1.42. The zero-order valence-corrected chi connectivity index (χ0v) is 7.82. The van der Waals surface area contributed by atoms with Gasteiger partial charge in [0.1, 0.15) is 11.5 Å². The summed E-state index contributed by atoms with van der Waals surface area (Å²) in [6.07, 6.45) is 0.872. The third-order valence-corrected chi connectivity index (χ3v) is 1.66. The third-order valence-electron chi connectivity index (χ3n) is 1.66. The van der Waals surface area contributed by atoms with Gasteiger partial charge in [0, 0.05) is 6.07 Å². The summed E-state index contributed by atoms with van der Waals surface area (Å²) in [5.74, 6) is 1.64. The highest BCUT2D eigenvalue weighted by atomic mass is 16.5. The van der Waals surface area contributed by atoms with Crippen molar-refractivity contribution in [1.82, 2.24) is 0 Å². The molecule has 0 aromatic heterocycles. The highest BCUT2D eigenvalue weighted by molar-refractivity contribution is 5.32. The van der Waals surface area contributed by atoms with E-state index in [0.717, 1.165) is 17.9 Å². The lowest BCUT2D eigenvalue weighted by Crippen LogP contribution is -2.05. The van der Waals surface area contributed by atoms with E-state index >= 15 is 0 Å². The lowest BCUT2D eigenvalue weighted by molar-refractivity contribution is 0.311. The van der Waals surface area contributed by atoms with E-state index in [-0.39, 0.29) is 0 Å². The first-order valence-corrected chi connectivity index (χ1v) is 4.33. The topological polar surface area (TPSA) is 44.5 Å². The molecule has 0 saturated carbocycles. The Kier molecular flexibility index (Phi) is 4.12. The predicted molar refractivity (Wildman–Crippen MR) is 52.2 cm³/mol. The summed E-state index contributed by atoms with van der Waals surface area (Å²) in [5, 5.41) is 0. The summed E-state index contributed by atoms with van der Waals surface area (Å²) in [7, 11) is 1.64. The molecule has 2 N–H and O–H groups in total. The van der Waals surface area contributed by atoms with Crippen LogP contribution in [0.1, 0.15) is 6.42 Å². The van der Waals surface area contributed by atoms with Crippen LogP contribution in [-0.4, -0.2) is 20.3 Å². The summed E-state index contributed by atoms with van der Waals surface area (Å²) in [4.78, 5) is 0. The van der Waals surface area contributed by atoms with Crippen LogP contribution in [0.3, 0.4) is 0 Å². The number of ether oxygens (including phenoxy) is 2. The minimum Gasteiger partial charge on any atom is -0.497 e. The molecule has 1 aromatic carbocycles. The highest BCUT2D eigenvalue weighted by Gasteiger charge is 1.95. The second kappa shape index (κ2) is 5.43. The Bertz CT molecular complexity index is 250. The Hall–Kier alpha value is -1.22. The van der Waals surface area contributed by atoms with E-state index in [1.165, 1.54) is 0 Å². The molecular formula is C10H15NO2. The zero-order valence-electron chi connectivity index (χ0n) is 7.82. The van der Waals surface area contributed by atoms with Crippen molar-refractivity contribution in [3.05, 3.63) is 24.3 Å². The van der Waals surface area contributed by atoms with Gasteiger partial charge in [0.05, 0.1) is 13.7 Å². The van der Waals surface area contributed by atoms with Gasteiger partial charge in [-0.3, -0.25) is 0 Å². The standard InChI is InChI=1S/C10H15NO2/c1-12-9-4-2-5-10(8-9)13-7-3-6-11/h2,4-5,8H,3,6-7,11H2,1H3. The molecule has 0 aliphatic carbocycles. The van der Waals surface area contributed by atoms with E-state index in [1.807, 2.05) is 24.3 Å². The number of hydrogen-bond acceptors (Lipinski definition) is 3. The number of methoxy groups -OCH3 is 1. The maximum Gasteiger partial charge on any atom is 0.122 e. The van der Waals surface area contributed by atoms with Crippen molar-refractivity contribution >= 4 is 0 Å². The first kappa shape index (κ1) is 9.86. The van der Waals surface area contributed by atoms with Crippen LogP contribution in [0.2, 0.25) is 0 Å². The van der Waals surface area contributed by atoms with Gasteiger partial charge in [-0.25, -0.2) is 0 Å². The largest absolute Gasteiger partial charge is 0.497 e. The van der Waals surface area contributed by atoms with Crippen LogP contribution in [0.15, 0.2) is 24.3 Å². The molecule has 0 aliphatic heterocycles. The number of nitrogens with two attached hydrogens (primary N) is 1. The third kappa shape index (κ3) is 3.34. The quantitative estimate of drug-likeness (QED) is 0.699. The Morgan fingerprint density at radius 2 is 2.08 bits per heavy atom. The Morgan fingerprint density at radius 1 is 1.31 bits per heavy atom. The molecule has 0 bridgehead atoms. The second-order valence-electron chi connectivity index (χ2n) is 2.67. The fraction of sp³-hybridized carbons (Fsp3) is 0.400. The summed E-state index contributed by atoms with van der Waals surface area (Å²) >= 11 is 0. The summed E-state index contributed by atoms with van der Waals surface area (Å²) in [5.41, 5.74) is 5.34. The molecule has 72 valence electrons. The van der Waals surface area contributed by atoms with Crippen molar-refractivity contribution in [2.45, 2.75) is 6.42 Å². The van der Waals surface area contributed by atoms with E-state index in [0.29, 0.717) is 13.2 Å². The van der Waals surface area contributed by atoms with Crippen molar-refractivity contribution in [1.29, 1.82) is 0 Å². The molecule has 0 heterocycles. The normalized spacial score (nSPS) is 9.69. The summed E-state index contributed by atoms with van der Waals surface area (Å²) < 4.78 is 10.5. The van der Waals surface area contributed by atoms with Gasteiger partial charge in [-0.1, -0.05) is 6.07 Å². The lowest BCUT2D eigenvalue weighted by Gasteiger charge is -2.06. The first-order valence-electron chi connectivity index (χ1n) is 4.33. The lowest BCUT2D eigenvalue weighted by atomic mass is 10.3. The van der Waals surface area contributed by atoms with Crippen LogP contribution < -0.4 is 15.2 Å². The molecule has 1 aromatic rings. The van der Waals surface area contributed by atoms with Crippen LogP contribution in [0.4, 0.5) is 0 Å². The van der Waals surface area contributed by atoms with Crippen LogP contribution in [0, 0.1) is 0 Å². The molecule has 0 saturated heterocycles. The first-order chi connectivity index (χ1) is 6.36. The van der Waals surface area contributed by atoms with Crippen LogP contribution in [-0.2, 0) is 0 Å². The molecule has 0 atom stereocenters. The minimum absolute atomic E-state index is 0.656. The number of hydrogen-bond donors (Lipinski definition) is 1. The molecule has 0 fully saturated rings. The number of rotatable bonds is 5. The molecule has 0 amide bonds. The van der Waals surface area contributed by atoms with E-state index in [1.54, 1.807) is 7.11 Å². The van der Waals surface area contributed by atoms with Gasteiger partial charge >= 0.3 is 0 Å². The van der Waals surface area contributed by atoms with Crippen LogP contribution >= 0.6 is 0 Å². The molecule has 0 radical (unpaired) electrons. The Labute approximate surface area is 78.5 Å². The van der Waals surface area contributed by atoms with Gasteiger partial charge < -0.3 is 15.2 Å². The van der Waals surface area contributed by atoms with Gasteiger partial charge in [-0.15, -0.1) is 0 Å². The maximum absolute atomic E-state index is 5.43. The fourth-order valence-electron chi connectivity index (χ4n) is 0.964. The molecule has 0 spiro atoms. The molecule has 1 rings (SSSR count). The monoisotopic (exact) mass is 181 g/mol. The fourth-order valence-corrected chi connectivity index (χ4v) is 0.964. The van der Waals surface area contributed by atoms with Gasteiger partial charge in [0.2, 0.25) is 0 Å². The molecule has 3 heteroatoms. The van der Waals surface area contributed by atoms with Crippen LogP contribution in [0.25, 0.3) is 0 Å². The Balaban J connectivity index is 2.46. The summed E-state index contributed by atoms with van der Waals surface area (Å²) in [6.45, 7) is 1.31. The van der Waals surface area contributed by atoms with E-state index in [9.17, 15) is 0 Å². The second-order valence-corrected chi connectivity index (χ2v) is 2.67. The van der Waals surface area contributed by atoms with Gasteiger partial charge in [0.25, 0.3) is 0 Å². The van der Waals surface area contributed by atoms with Gasteiger partial charge in [0.15, 0.2) is 0 Å². The highest BCUT2D eigenvalue weighted by Crippen LogP contribution is 2.18. The molecular weight excluding hydrogens is 166 g/mol. The molecule has 0 unspecified atom stereocenters. The van der Waals surface area contributed by atoms with Crippen molar-refractivity contribution in [3.8, 4) is 11.5 Å². The Morgan fingerprint density at radius 3 is 2.77 bits per heavy atom. The average molecular weight is 181 g/mol. The smallest absolute Gasteiger partial charge is 0.122 e. The summed E-state index contributed by atoms with van der Waals surface area (Å²) in [6, 6.07) is 7.54. The molecule has 3 nitrogen and oxygen atoms in total. The van der Waals surface area contributed by atoms with E-state index in [2.05, 4.69) is 0 Å². The molecule has 13 heavy (non-hydrogen) atoms. The van der Waals surface area contributed by atoms with Gasteiger partial charge in [-0.2, -0.15) is 0 Å². The van der Waals surface area contributed by atoms with Crippen molar-refractivity contribution < 1.29 is 9.47 Å². The van der Waals surface area contributed by atoms with Crippen molar-refractivity contribution in [2.75, 3.05) is 20.3 Å². The SMILES string of the molecule is COc1cccc(OCCCN)c1. The number of benzene rings is 1. The zero-order chi connectivity index (χ0) is 9.52.